The Bertz CT molecular complexity index is 839. The molecule has 0 saturated heterocycles. The second-order valence-corrected chi connectivity index (χ2v) is 7.28. The molecule has 2 aromatic heterocycles. The van der Waals surface area contributed by atoms with Crippen LogP contribution < -0.4 is 10.6 Å². The van der Waals surface area contributed by atoms with Crippen LogP contribution >= 0.6 is 11.3 Å². The van der Waals surface area contributed by atoms with Gasteiger partial charge in [0.1, 0.15) is 9.88 Å². The first-order valence-electron chi connectivity index (χ1n) is 8.89. The Morgan fingerprint density at radius 1 is 1.33 bits per heavy atom. The summed E-state index contributed by atoms with van der Waals surface area (Å²) in [6.07, 6.45) is 0. The molecule has 2 N–H and O–H groups in total. The third kappa shape index (κ3) is 4.85. The Hall–Kier alpha value is -2.42. The number of carbonyl (C=O) groups is 1. The molecule has 148 valence electrons. The second-order valence-electron chi connectivity index (χ2n) is 6.25. The van der Waals surface area contributed by atoms with Gasteiger partial charge in [-0.15, -0.1) is 11.3 Å². The number of thiazole rings is 1. The van der Waals surface area contributed by atoms with E-state index in [1.165, 1.54) is 11.3 Å². The van der Waals surface area contributed by atoms with Gasteiger partial charge < -0.3 is 15.4 Å². The number of aromatic nitrogens is 3. The minimum Gasteiger partial charge on any atom is -0.462 e. The van der Waals surface area contributed by atoms with Crippen molar-refractivity contribution in [2.45, 2.75) is 47.2 Å². The monoisotopic (exact) mass is 392 g/mol. The molecule has 0 fully saturated rings. The van der Waals surface area contributed by atoms with Gasteiger partial charge in [0.15, 0.2) is 5.96 Å². The van der Waals surface area contributed by atoms with Crippen molar-refractivity contribution < 1.29 is 9.53 Å². The van der Waals surface area contributed by atoms with Crippen molar-refractivity contribution in [3.8, 4) is 0 Å². The number of ether oxygens (including phenoxy) is 1. The Labute approximate surface area is 164 Å². The van der Waals surface area contributed by atoms with Crippen LogP contribution in [0.2, 0.25) is 0 Å². The van der Waals surface area contributed by atoms with E-state index in [1.807, 2.05) is 39.4 Å². The number of hydrogen-bond donors (Lipinski definition) is 2. The summed E-state index contributed by atoms with van der Waals surface area (Å²) in [6.45, 7) is 10.6. The molecule has 2 rings (SSSR count). The molecule has 2 aromatic rings. The molecule has 0 aromatic carbocycles. The van der Waals surface area contributed by atoms with Gasteiger partial charge in [0.05, 0.1) is 24.0 Å². The zero-order chi connectivity index (χ0) is 20.1. The van der Waals surface area contributed by atoms with Crippen LogP contribution in [0, 0.1) is 20.8 Å². The molecule has 0 amide bonds. The van der Waals surface area contributed by atoms with Gasteiger partial charge in [-0.2, -0.15) is 5.10 Å². The van der Waals surface area contributed by atoms with E-state index in [1.54, 1.807) is 14.0 Å². The number of esters is 1. The lowest BCUT2D eigenvalue weighted by atomic mass is 10.2. The van der Waals surface area contributed by atoms with Crippen molar-refractivity contribution in [2.75, 3.05) is 13.7 Å². The van der Waals surface area contributed by atoms with Crippen LogP contribution in [0.1, 0.15) is 57.2 Å². The van der Waals surface area contributed by atoms with Gasteiger partial charge in [0, 0.05) is 31.9 Å². The maximum absolute atomic E-state index is 12.0. The highest BCUT2D eigenvalue weighted by atomic mass is 32.1. The van der Waals surface area contributed by atoms with E-state index in [9.17, 15) is 4.79 Å². The molecule has 0 bridgehead atoms. The van der Waals surface area contributed by atoms with Crippen LogP contribution in [0.4, 0.5) is 0 Å². The number of aryl methyl sites for hydroxylation is 3. The van der Waals surface area contributed by atoms with Crippen molar-refractivity contribution in [3.05, 3.63) is 32.5 Å². The van der Waals surface area contributed by atoms with Crippen LogP contribution in [-0.4, -0.2) is 40.3 Å². The SMILES string of the molecule is CCOC(=O)c1sc(C(C)NC(=NC)NCc2c(C)nn(C)c2C)nc1C. The fraction of sp³-hybridized carbons (Fsp3) is 0.556. The lowest BCUT2D eigenvalue weighted by molar-refractivity contribution is 0.0531. The van der Waals surface area contributed by atoms with Crippen LogP contribution in [0.5, 0.6) is 0 Å². The molecule has 0 aliphatic carbocycles. The number of hydrogen-bond acceptors (Lipinski definition) is 6. The van der Waals surface area contributed by atoms with E-state index >= 15 is 0 Å². The summed E-state index contributed by atoms with van der Waals surface area (Å²) in [5, 5.41) is 11.9. The summed E-state index contributed by atoms with van der Waals surface area (Å²) >= 11 is 1.35. The smallest absolute Gasteiger partial charge is 0.350 e. The highest BCUT2D eigenvalue weighted by Crippen LogP contribution is 2.24. The first-order chi connectivity index (χ1) is 12.8. The van der Waals surface area contributed by atoms with Crippen molar-refractivity contribution in [2.24, 2.45) is 12.0 Å². The highest BCUT2D eigenvalue weighted by Gasteiger charge is 2.20. The molecule has 2 heterocycles. The third-order valence-electron chi connectivity index (χ3n) is 4.31. The van der Waals surface area contributed by atoms with E-state index in [2.05, 4.69) is 25.7 Å². The predicted octanol–water partition coefficient (Wildman–Crippen LogP) is 2.40. The molecule has 1 atom stereocenters. The summed E-state index contributed by atoms with van der Waals surface area (Å²) in [6, 6.07) is -0.0980. The van der Waals surface area contributed by atoms with Gasteiger partial charge in [-0.25, -0.2) is 9.78 Å². The topological polar surface area (TPSA) is 93.4 Å². The Morgan fingerprint density at radius 3 is 2.59 bits per heavy atom. The molecule has 0 saturated carbocycles. The summed E-state index contributed by atoms with van der Waals surface area (Å²) < 4.78 is 6.96. The van der Waals surface area contributed by atoms with E-state index in [4.69, 9.17) is 4.74 Å². The normalized spacial score (nSPS) is 12.8. The van der Waals surface area contributed by atoms with E-state index < -0.39 is 0 Å². The molecule has 8 nitrogen and oxygen atoms in total. The molecular formula is C18H28N6O2S. The first-order valence-corrected chi connectivity index (χ1v) is 9.70. The molecule has 0 spiro atoms. The maximum Gasteiger partial charge on any atom is 0.350 e. The summed E-state index contributed by atoms with van der Waals surface area (Å²) in [5.74, 6) is 0.340. The lowest BCUT2D eigenvalue weighted by Gasteiger charge is -2.16. The van der Waals surface area contributed by atoms with Gasteiger partial charge in [0.25, 0.3) is 0 Å². The van der Waals surface area contributed by atoms with Gasteiger partial charge in [-0.3, -0.25) is 9.67 Å². The van der Waals surface area contributed by atoms with Gasteiger partial charge in [-0.05, 0) is 34.6 Å². The maximum atomic E-state index is 12.0. The largest absolute Gasteiger partial charge is 0.462 e. The molecule has 0 aliphatic rings. The average Bonchev–Trinajstić information content (AvgIpc) is 3.12. The van der Waals surface area contributed by atoms with E-state index in [0.717, 1.165) is 22.0 Å². The fourth-order valence-electron chi connectivity index (χ4n) is 2.70. The van der Waals surface area contributed by atoms with Gasteiger partial charge >= 0.3 is 5.97 Å². The van der Waals surface area contributed by atoms with Crippen molar-refractivity contribution in [1.82, 2.24) is 25.4 Å². The van der Waals surface area contributed by atoms with Crippen molar-refractivity contribution in [3.63, 3.8) is 0 Å². The van der Waals surface area contributed by atoms with Gasteiger partial charge in [0.2, 0.25) is 0 Å². The number of guanidine groups is 1. The molecule has 0 radical (unpaired) electrons. The molecule has 27 heavy (non-hydrogen) atoms. The predicted molar refractivity (Wildman–Crippen MR) is 107 cm³/mol. The number of nitrogens with one attached hydrogen (secondary N) is 2. The third-order valence-corrected chi connectivity index (χ3v) is 5.63. The zero-order valence-electron chi connectivity index (χ0n) is 17.0. The lowest BCUT2D eigenvalue weighted by Crippen LogP contribution is -2.38. The van der Waals surface area contributed by atoms with E-state index in [-0.39, 0.29) is 12.0 Å². The highest BCUT2D eigenvalue weighted by molar-refractivity contribution is 7.13. The Balaban J connectivity index is 2.04. The standard InChI is InChI=1S/C18H28N6O2S/c1-8-26-17(25)15-11(3)21-16(27-15)12(4)22-18(19-6)20-9-14-10(2)23-24(7)13(14)5/h12H,8-9H2,1-7H3,(H2,19,20,22). The fourth-order valence-corrected chi connectivity index (χ4v) is 3.66. The quantitative estimate of drug-likeness (QED) is 0.445. The second kappa shape index (κ2) is 8.98. The zero-order valence-corrected chi connectivity index (χ0v) is 17.8. The Morgan fingerprint density at radius 2 is 2.04 bits per heavy atom. The minimum absolute atomic E-state index is 0.0980. The minimum atomic E-state index is -0.323. The first kappa shape index (κ1) is 20.9. The van der Waals surface area contributed by atoms with Gasteiger partial charge in [-0.1, -0.05) is 0 Å². The van der Waals surface area contributed by atoms with Crippen molar-refractivity contribution >= 4 is 23.3 Å². The van der Waals surface area contributed by atoms with Crippen LogP contribution in [0.15, 0.2) is 4.99 Å². The number of nitrogens with zero attached hydrogens (tertiary/aromatic N) is 4. The Kier molecular flexibility index (Phi) is 6.95. The molecular weight excluding hydrogens is 364 g/mol. The summed E-state index contributed by atoms with van der Waals surface area (Å²) in [7, 11) is 3.66. The summed E-state index contributed by atoms with van der Waals surface area (Å²) in [5.41, 5.74) is 3.97. The average molecular weight is 393 g/mol. The van der Waals surface area contributed by atoms with Crippen LogP contribution in [0.3, 0.4) is 0 Å². The van der Waals surface area contributed by atoms with Crippen molar-refractivity contribution in [1.29, 1.82) is 0 Å². The van der Waals surface area contributed by atoms with E-state index in [0.29, 0.717) is 29.7 Å². The molecule has 0 aliphatic heterocycles. The molecule has 1 unspecified atom stereocenters. The number of carbonyl (C=O) groups excluding carboxylic acids is 1. The number of aliphatic imine (C=N–C) groups is 1. The number of rotatable bonds is 6. The van der Waals surface area contributed by atoms with Crippen LogP contribution in [0.25, 0.3) is 0 Å². The van der Waals surface area contributed by atoms with Crippen LogP contribution in [-0.2, 0) is 18.3 Å². The summed E-state index contributed by atoms with van der Waals surface area (Å²) in [4.78, 5) is 21.3. The molecule has 9 heteroatoms.